The molecule has 0 radical (unpaired) electrons. The summed E-state index contributed by atoms with van der Waals surface area (Å²) >= 11 is 6.77. The van der Waals surface area contributed by atoms with E-state index in [0.29, 0.717) is 33.8 Å². The summed E-state index contributed by atoms with van der Waals surface area (Å²) in [5.74, 6) is 0.584. The number of carbonyl (C=O) groups is 1. The number of ether oxygens (including phenoxy) is 1. The predicted molar refractivity (Wildman–Crippen MR) is 109 cm³/mol. The molecule has 7 nitrogen and oxygen atoms in total. The molecule has 28 heavy (non-hydrogen) atoms. The summed E-state index contributed by atoms with van der Waals surface area (Å²) in [6, 6.07) is 12.5. The van der Waals surface area contributed by atoms with Crippen molar-refractivity contribution in [3.63, 3.8) is 0 Å². The van der Waals surface area contributed by atoms with E-state index < -0.39 is 10.0 Å². The van der Waals surface area contributed by atoms with E-state index in [2.05, 4.69) is 15.0 Å². The van der Waals surface area contributed by atoms with Gasteiger partial charge in [0.1, 0.15) is 9.96 Å². The Morgan fingerprint density at radius 1 is 1.14 bits per heavy atom. The van der Waals surface area contributed by atoms with Gasteiger partial charge < -0.3 is 10.1 Å². The zero-order valence-corrected chi connectivity index (χ0v) is 17.1. The second kappa shape index (κ2) is 8.59. The lowest BCUT2D eigenvalue weighted by atomic mass is 10.2. The second-order valence-corrected chi connectivity index (χ2v) is 9.16. The monoisotopic (exact) mass is 437 g/mol. The van der Waals surface area contributed by atoms with Crippen LogP contribution in [0, 0.1) is 0 Å². The molecule has 0 saturated carbocycles. The first kappa shape index (κ1) is 20.1. The summed E-state index contributed by atoms with van der Waals surface area (Å²) in [4.78, 5) is 15.8. The van der Waals surface area contributed by atoms with Crippen molar-refractivity contribution in [2.24, 2.45) is 0 Å². The molecular formula is C18H16ClN3O4S2. The number of pyridine rings is 1. The van der Waals surface area contributed by atoms with Gasteiger partial charge in [0, 0.05) is 24.5 Å². The Bertz CT molecular complexity index is 1060. The third-order valence-electron chi connectivity index (χ3n) is 3.48. The molecule has 1 amide bonds. The highest BCUT2D eigenvalue weighted by molar-refractivity contribution is 7.94. The molecule has 0 bridgehead atoms. The summed E-state index contributed by atoms with van der Waals surface area (Å²) in [5, 5.41) is 2.69. The highest BCUT2D eigenvalue weighted by Crippen LogP contribution is 2.28. The van der Waals surface area contributed by atoms with Crippen LogP contribution in [0.25, 0.3) is 0 Å². The number of anilines is 1. The van der Waals surface area contributed by atoms with Gasteiger partial charge in [-0.2, -0.15) is 0 Å². The minimum atomic E-state index is -3.69. The quantitative estimate of drug-likeness (QED) is 0.579. The van der Waals surface area contributed by atoms with Crippen LogP contribution in [0.15, 0.2) is 58.9 Å². The van der Waals surface area contributed by atoms with Crippen LogP contribution in [0.2, 0.25) is 4.34 Å². The number of hydrogen-bond acceptors (Lipinski definition) is 6. The first-order chi connectivity index (χ1) is 13.4. The van der Waals surface area contributed by atoms with E-state index in [1.807, 2.05) is 6.92 Å². The molecule has 3 rings (SSSR count). The number of sulfonamides is 1. The average molecular weight is 438 g/mol. The molecule has 0 fully saturated rings. The molecule has 3 aromatic rings. The fraction of sp³-hybridized carbons (Fsp3) is 0.111. The van der Waals surface area contributed by atoms with E-state index >= 15 is 0 Å². The number of halogens is 1. The summed E-state index contributed by atoms with van der Waals surface area (Å²) in [6.07, 6.45) is 1.43. The van der Waals surface area contributed by atoms with E-state index in [1.165, 1.54) is 18.3 Å². The SMILES string of the molecule is CCNC(=O)c1ccc(Oc2ccc(NS(=O)(=O)c3ccc(Cl)s3)cc2)nc1. The maximum Gasteiger partial charge on any atom is 0.271 e. The zero-order chi connectivity index (χ0) is 20.1. The number of aromatic nitrogens is 1. The first-order valence-electron chi connectivity index (χ1n) is 8.18. The summed E-state index contributed by atoms with van der Waals surface area (Å²) in [6.45, 7) is 2.37. The number of thiophene rings is 1. The van der Waals surface area contributed by atoms with Crippen molar-refractivity contribution >= 4 is 44.6 Å². The predicted octanol–water partition coefficient (Wildman–Crippen LogP) is 4.14. The van der Waals surface area contributed by atoms with Gasteiger partial charge in [-0.15, -0.1) is 11.3 Å². The number of hydrogen-bond donors (Lipinski definition) is 2. The maximum atomic E-state index is 12.3. The van der Waals surface area contributed by atoms with Crippen molar-refractivity contribution in [1.82, 2.24) is 10.3 Å². The van der Waals surface area contributed by atoms with E-state index in [0.717, 1.165) is 11.3 Å². The van der Waals surface area contributed by atoms with Crippen LogP contribution in [-0.2, 0) is 10.0 Å². The van der Waals surface area contributed by atoms with Gasteiger partial charge in [-0.25, -0.2) is 13.4 Å². The Balaban J connectivity index is 1.65. The average Bonchev–Trinajstić information content (AvgIpc) is 3.11. The summed E-state index contributed by atoms with van der Waals surface area (Å²) < 4.78 is 33.2. The molecular weight excluding hydrogens is 422 g/mol. The lowest BCUT2D eigenvalue weighted by Crippen LogP contribution is -2.22. The minimum Gasteiger partial charge on any atom is -0.439 e. The number of nitrogens with one attached hydrogen (secondary N) is 2. The lowest BCUT2D eigenvalue weighted by molar-refractivity contribution is 0.0955. The fourth-order valence-electron chi connectivity index (χ4n) is 2.20. The molecule has 2 heterocycles. The number of carbonyl (C=O) groups excluding carboxylic acids is 1. The van der Waals surface area contributed by atoms with Crippen LogP contribution in [0.5, 0.6) is 11.6 Å². The smallest absolute Gasteiger partial charge is 0.271 e. The Labute approximate surface area is 171 Å². The maximum absolute atomic E-state index is 12.3. The Hall–Kier alpha value is -2.62. The highest BCUT2D eigenvalue weighted by Gasteiger charge is 2.16. The van der Waals surface area contributed by atoms with Gasteiger partial charge in [0.2, 0.25) is 5.88 Å². The van der Waals surface area contributed by atoms with E-state index in [9.17, 15) is 13.2 Å². The van der Waals surface area contributed by atoms with E-state index in [1.54, 1.807) is 36.4 Å². The third-order valence-corrected chi connectivity index (χ3v) is 6.58. The first-order valence-corrected chi connectivity index (χ1v) is 10.9. The molecule has 10 heteroatoms. The van der Waals surface area contributed by atoms with Crippen molar-refractivity contribution in [2.45, 2.75) is 11.1 Å². The molecule has 0 saturated heterocycles. The topological polar surface area (TPSA) is 97.4 Å². The van der Waals surface area contributed by atoms with Crippen molar-refractivity contribution in [1.29, 1.82) is 0 Å². The molecule has 2 aromatic heterocycles. The van der Waals surface area contributed by atoms with Crippen LogP contribution in [0.3, 0.4) is 0 Å². The van der Waals surface area contributed by atoms with Gasteiger partial charge in [0.05, 0.1) is 9.90 Å². The Morgan fingerprint density at radius 3 is 2.46 bits per heavy atom. The van der Waals surface area contributed by atoms with Gasteiger partial charge in [-0.3, -0.25) is 9.52 Å². The molecule has 2 N–H and O–H groups in total. The minimum absolute atomic E-state index is 0.134. The standard InChI is InChI=1S/C18H16ClN3O4S2/c1-2-20-18(23)12-3-9-16(21-11-12)26-14-6-4-13(5-7-14)22-28(24,25)17-10-8-15(19)27-17/h3-11,22H,2H2,1H3,(H,20,23). The number of nitrogens with zero attached hydrogens (tertiary/aromatic N) is 1. The van der Waals surface area contributed by atoms with Gasteiger partial charge >= 0.3 is 0 Å². The van der Waals surface area contributed by atoms with Crippen molar-refractivity contribution in [3.05, 3.63) is 64.6 Å². The Kier molecular flexibility index (Phi) is 6.18. The second-order valence-electron chi connectivity index (χ2n) is 5.54. The van der Waals surface area contributed by atoms with Crippen LogP contribution in [-0.4, -0.2) is 25.9 Å². The zero-order valence-electron chi connectivity index (χ0n) is 14.7. The normalized spacial score (nSPS) is 11.1. The third kappa shape index (κ3) is 5.00. The Morgan fingerprint density at radius 2 is 1.89 bits per heavy atom. The van der Waals surface area contributed by atoms with Crippen molar-refractivity contribution in [3.8, 4) is 11.6 Å². The lowest BCUT2D eigenvalue weighted by Gasteiger charge is -2.08. The molecule has 0 aliphatic heterocycles. The van der Waals surface area contributed by atoms with Crippen LogP contribution in [0.4, 0.5) is 5.69 Å². The van der Waals surface area contributed by atoms with E-state index in [4.69, 9.17) is 16.3 Å². The molecule has 1 aromatic carbocycles. The van der Waals surface area contributed by atoms with Gasteiger partial charge in [0.25, 0.3) is 15.9 Å². The molecule has 0 aliphatic rings. The van der Waals surface area contributed by atoms with Gasteiger partial charge in [-0.1, -0.05) is 11.6 Å². The number of amides is 1. The van der Waals surface area contributed by atoms with Gasteiger partial charge in [-0.05, 0) is 49.4 Å². The van der Waals surface area contributed by atoms with Crippen LogP contribution >= 0.6 is 22.9 Å². The fourth-order valence-corrected chi connectivity index (χ4v) is 4.74. The van der Waals surface area contributed by atoms with Gasteiger partial charge in [0.15, 0.2) is 0 Å². The molecule has 0 aliphatic carbocycles. The van der Waals surface area contributed by atoms with Crippen LogP contribution in [0.1, 0.15) is 17.3 Å². The van der Waals surface area contributed by atoms with Crippen LogP contribution < -0.4 is 14.8 Å². The number of rotatable bonds is 7. The summed E-state index contributed by atoms with van der Waals surface area (Å²) in [7, 11) is -3.69. The largest absolute Gasteiger partial charge is 0.439 e. The van der Waals surface area contributed by atoms with Crippen molar-refractivity contribution < 1.29 is 17.9 Å². The molecule has 0 unspecified atom stereocenters. The van der Waals surface area contributed by atoms with Crippen molar-refractivity contribution in [2.75, 3.05) is 11.3 Å². The highest BCUT2D eigenvalue weighted by atomic mass is 35.5. The molecule has 146 valence electrons. The molecule has 0 atom stereocenters. The summed E-state index contributed by atoms with van der Waals surface area (Å²) in [5.41, 5.74) is 0.823. The van der Waals surface area contributed by atoms with E-state index in [-0.39, 0.29) is 10.1 Å². The number of benzene rings is 1. The molecule has 0 spiro atoms.